The quantitative estimate of drug-likeness (QED) is 0.304. The van der Waals surface area contributed by atoms with E-state index in [1.165, 1.54) is 0 Å². The van der Waals surface area contributed by atoms with E-state index in [1.54, 1.807) is 18.3 Å². The molecule has 0 amide bonds. The lowest BCUT2D eigenvalue weighted by Crippen LogP contribution is -2.38. The zero-order chi connectivity index (χ0) is 25.2. The van der Waals surface area contributed by atoms with Crippen LogP contribution in [-0.2, 0) is 11.2 Å². The van der Waals surface area contributed by atoms with Gasteiger partial charge in [-0.1, -0.05) is 0 Å². The average molecular weight is 467 g/mol. The summed E-state index contributed by atoms with van der Waals surface area (Å²) in [5, 5.41) is 48.4. The van der Waals surface area contributed by atoms with Gasteiger partial charge in [-0.05, 0) is 12.1 Å². The predicted octanol–water partition coefficient (Wildman–Crippen LogP) is 1.99. The van der Waals surface area contributed by atoms with E-state index in [1.807, 2.05) is 21.1 Å². The Balaban J connectivity index is 0.000000412. The van der Waals surface area contributed by atoms with Crippen LogP contribution in [0.1, 0.15) is 12.1 Å². The van der Waals surface area contributed by atoms with Crippen molar-refractivity contribution in [1.29, 1.82) is 0 Å². The highest BCUT2D eigenvalue weighted by atomic mass is 16.6. The number of rotatable bonds is 10. The Morgan fingerprint density at radius 2 is 1.64 bits per heavy atom. The maximum absolute atomic E-state index is 11.0. The molecule has 178 valence electrons. The number of benzene rings is 1. The van der Waals surface area contributed by atoms with Crippen molar-refractivity contribution >= 4 is 23.0 Å². The van der Waals surface area contributed by atoms with Crippen molar-refractivity contribution in [3.05, 3.63) is 66.5 Å². The third kappa shape index (κ3) is 9.60. The normalized spacial score (nSPS) is 10.5. The van der Waals surface area contributed by atoms with E-state index < -0.39 is 43.6 Å². The molecule has 0 radical (unpaired) electrons. The summed E-state index contributed by atoms with van der Waals surface area (Å²) in [5.41, 5.74) is -1.63. The zero-order valence-corrected chi connectivity index (χ0v) is 18.1. The van der Waals surface area contributed by atoms with Crippen molar-refractivity contribution in [3.8, 4) is 5.75 Å². The molecular formula is C18H23N6O9+. The fraction of sp³-hybridized carbons (Fsp3) is 0.389. The number of aromatic nitrogens is 2. The van der Waals surface area contributed by atoms with Crippen LogP contribution < -0.4 is 4.74 Å². The molecule has 1 aromatic carbocycles. The van der Waals surface area contributed by atoms with Gasteiger partial charge in [0.2, 0.25) is 0 Å². The van der Waals surface area contributed by atoms with Gasteiger partial charge in [0.25, 0.3) is 11.4 Å². The Bertz CT molecular complexity index is 973. The molecule has 2 rings (SSSR count). The number of quaternary nitrogens is 1. The van der Waals surface area contributed by atoms with E-state index >= 15 is 0 Å². The first-order valence-corrected chi connectivity index (χ1v) is 9.34. The number of aliphatic carboxylic acids is 1. The molecule has 0 saturated heterocycles. The van der Waals surface area contributed by atoms with Crippen LogP contribution in [0.15, 0.2) is 30.5 Å². The highest BCUT2D eigenvalue weighted by Crippen LogP contribution is 2.40. The molecule has 0 aliphatic rings. The standard InChI is InChI=1S/C11H15N4O7.C7H8N2O2/c1-15(2,3)4-5-22-11-9(13(18)19)6-8(12(16)17)7-10(11)14(20)21;10-7(11)4-3-6-2-1-5-8-9-6/h6-7H,4-5H2,1-3H3;1-2,5H,3-4H2,(H,10,11)/q+1;. The summed E-state index contributed by atoms with van der Waals surface area (Å²) < 4.78 is 5.66. The maximum Gasteiger partial charge on any atom is 0.325 e. The van der Waals surface area contributed by atoms with Crippen molar-refractivity contribution in [3.63, 3.8) is 0 Å². The third-order valence-electron chi connectivity index (χ3n) is 3.87. The first kappa shape index (κ1) is 26.8. The molecule has 0 bridgehead atoms. The number of carboxylic acids is 1. The summed E-state index contributed by atoms with van der Waals surface area (Å²) in [6.45, 7) is 0.425. The molecule has 0 spiro atoms. The van der Waals surface area contributed by atoms with Crippen molar-refractivity contribution in [2.45, 2.75) is 12.8 Å². The number of nitro benzene ring substituents is 3. The molecule has 0 saturated carbocycles. The number of carbonyl (C=O) groups is 1. The van der Waals surface area contributed by atoms with Crippen molar-refractivity contribution in [1.82, 2.24) is 10.2 Å². The monoisotopic (exact) mass is 467 g/mol. The lowest BCUT2D eigenvalue weighted by molar-refractivity contribution is -0.870. The van der Waals surface area contributed by atoms with Crippen molar-refractivity contribution in [2.24, 2.45) is 0 Å². The Labute approximate surface area is 187 Å². The summed E-state index contributed by atoms with van der Waals surface area (Å²) >= 11 is 0. The minimum absolute atomic E-state index is 0.0109. The van der Waals surface area contributed by atoms with E-state index in [0.717, 1.165) is 5.69 Å². The van der Waals surface area contributed by atoms with Gasteiger partial charge in [0.1, 0.15) is 13.2 Å². The SMILES string of the molecule is C[N+](C)(C)CCOc1c([N+](=O)[O-])cc([N+](=O)[O-])cc1[N+](=O)[O-].O=C(O)CCc1cccnn1. The summed E-state index contributed by atoms with van der Waals surface area (Å²) in [4.78, 5) is 40.0. The fourth-order valence-electron chi connectivity index (χ4n) is 2.23. The summed E-state index contributed by atoms with van der Waals surface area (Å²) in [7, 11) is 5.55. The first-order valence-electron chi connectivity index (χ1n) is 9.34. The Morgan fingerprint density at radius 3 is 2.03 bits per heavy atom. The molecule has 2 aromatic rings. The summed E-state index contributed by atoms with van der Waals surface area (Å²) in [6, 6.07) is 4.79. The number of aryl methyl sites for hydroxylation is 1. The van der Waals surface area contributed by atoms with Gasteiger partial charge in [-0.2, -0.15) is 10.2 Å². The smallest absolute Gasteiger partial charge is 0.325 e. The van der Waals surface area contributed by atoms with E-state index in [4.69, 9.17) is 9.84 Å². The number of nitro groups is 3. The topological polar surface area (TPSA) is 202 Å². The van der Waals surface area contributed by atoms with Crippen LogP contribution in [-0.4, -0.2) is 74.8 Å². The molecule has 33 heavy (non-hydrogen) atoms. The molecule has 0 aliphatic carbocycles. The fourth-order valence-corrected chi connectivity index (χ4v) is 2.23. The summed E-state index contributed by atoms with van der Waals surface area (Å²) in [6.07, 6.45) is 2.12. The van der Waals surface area contributed by atoms with Crippen LogP contribution in [0, 0.1) is 30.3 Å². The molecule has 0 fully saturated rings. The largest absolute Gasteiger partial charge is 0.481 e. The molecule has 0 aliphatic heterocycles. The molecule has 15 nitrogen and oxygen atoms in total. The second-order valence-corrected chi connectivity index (χ2v) is 7.56. The number of hydrogen-bond donors (Lipinski definition) is 1. The molecule has 1 heterocycles. The first-order chi connectivity index (χ1) is 15.3. The summed E-state index contributed by atoms with van der Waals surface area (Å²) in [5.74, 6) is -1.38. The van der Waals surface area contributed by atoms with Crippen LogP contribution in [0.2, 0.25) is 0 Å². The number of non-ortho nitro benzene ring substituents is 1. The van der Waals surface area contributed by atoms with Crippen LogP contribution in [0.5, 0.6) is 5.75 Å². The molecule has 0 unspecified atom stereocenters. The van der Waals surface area contributed by atoms with Gasteiger partial charge in [-0.3, -0.25) is 35.1 Å². The highest BCUT2D eigenvalue weighted by Gasteiger charge is 2.32. The molecule has 1 aromatic heterocycles. The third-order valence-corrected chi connectivity index (χ3v) is 3.87. The van der Waals surface area contributed by atoms with Crippen LogP contribution in [0.4, 0.5) is 17.1 Å². The average Bonchev–Trinajstić information content (AvgIpc) is 2.72. The number of nitrogens with zero attached hydrogens (tertiary/aromatic N) is 6. The lowest BCUT2D eigenvalue weighted by Gasteiger charge is -2.23. The van der Waals surface area contributed by atoms with Gasteiger partial charge in [-0.15, -0.1) is 0 Å². The van der Waals surface area contributed by atoms with Gasteiger partial charge in [0, 0.05) is 12.6 Å². The molecule has 0 atom stereocenters. The number of ether oxygens (including phenoxy) is 1. The van der Waals surface area contributed by atoms with Gasteiger partial charge in [0.15, 0.2) is 0 Å². The zero-order valence-electron chi connectivity index (χ0n) is 18.1. The number of hydrogen-bond acceptors (Lipinski definition) is 10. The Kier molecular flexibility index (Phi) is 9.69. The predicted molar refractivity (Wildman–Crippen MR) is 113 cm³/mol. The van der Waals surface area contributed by atoms with Gasteiger partial charge in [-0.25, -0.2) is 0 Å². The van der Waals surface area contributed by atoms with Gasteiger partial charge >= 0.3 is 17.3 Å². The minimum atomic E-state index is -0.943. The Morgan fingerprint density at radius 1 is 1.06 bits per heavy atom. The second kappa shape index (κ2) is 11.9. The number of likely N-dealkylation sites (N-methyl/N-ethyl adjacent to an activating group) is 1. The van der Waals surface area contributed by atoms with Crippen LogP contribution >= 0.6 is 0 Å². The highest BCUT2D eigenvalue weighted by molar-refractivity contribution is 5.67. The second-order valence-electron chi connectivity index (χ2n) is 7.56. The minimum Gasteiger partial charge on any atom is -0.481 e. The molecule has 1 N–H and O–H groups in total. The number of carboxylic acid groups (broad SMARTS) is 1. The van der Waals surface area contributed by atoms with Gasteiger partial charge < -0.3 is 14.3 Å². The molecule has 15 heteroatoms. The van der Waals surface area contributed by atoms with E-state index in [-0.39, 0.29) is 13.0 Å². The maximum atomic E-state index is 11.0. The lowest BCUT2D eigenvalue weighted by atomic mass is 10.2. The van der Waals surface area contributed by atoms with E-state index in [2.05, 4.69) is 10.2 Å². The Hall–Kier alpha value is -4.27. The molecular weight excluding hydrogens is 444 g/mol. The van der Waals surface area contributed by atoms with E-state index in [9.17, 15) is 35.1 Å². The van der Waals surface area contributed by atoms with E-state index in [0.29, 0.717) is 29.6 Å². The van der Waals surface area contributed by atoms with Crippen molar-refractivity contribution in [2.75, 3.05) is 34.3 Å². The van der Waals surface area contributed by atoms with Crippen LogP contribution in [0.25, 0.3) is 0 Å². The van der Waals surface area contributed by atoms with Gasteiger partial charge in [0.05, 0.1) is 60.2 Å². The van der Waals surface area contributed by atoms with Crippen molar-refractivity contribution < 1.29 is 33.9 Å². The van der Waals surface area contributed by atoms with Crippen LogP contribution in [0.3, 0.4) is 0 Å².